The lowest BCUT2D eigenvalue weighted by atomic mass is 9.94. The molecule has 1 fully saturated rings. The number of aromatic amines is 1. The van der Waals surface area contributed by atoms with Gasteiger partial charge in [-0.2, -0.15) is 0 Å². The number of nitrogens with zero attached hydrogens (tertiary/aromatic N) is 2. The zero-order valence-corrected chi connectivity index (χ0v) is 22.1. The standard InChI is InChI=1S/C33H27N3O4/c1-20-9-8-12-23(17-20)29-28(31(38)32(39)36(29)33-34-25-13-6-7-14-26(25)35-33)30(37)24-15-16-27(21(2)18-24)40-19-22-10-4-3-5-11-22/h3-18,29,37H,19H2,1-2H3,(H,34,35)/b30-28+. The number of ketones is 1. The Morgan fingerprint density at radius 2 is 1.70 bits per heavy atom. The van der Waals surface area contributed by atoms with Crippen LogP contribution in [0.25, 0.3) is 16.8 Å². The highest BCUT2D eigenvalue weighted by molar-refractivity contribution is 6.51. The van der Waals surface area contributed by atoms with Gasteiger partial charge in [-0.25, -0.2) is 4.98 Å². The lowest BCUT2D eigenvalue weighted by Gasteiger charge is -2.23. The number of nitrogens with one attached hydrogen (secondary N) is 1. The number of carbonyl (C=O) groups is 2. The molecule has 198 valence electrons. The molecule has 2 N–H and O–H groups in total. The monoisotopic (exact) mass is 529 g/mol. The molecular weight excluding hydrogens is 502 g/mol. The summed E-state index contributed by atoms with van der Waals surface area (Å²) < 4.78 is 5.99. The van der Waals surface area contributed by atoms with Gasteiger partial charge in [-0.3, -0.25) is 14.5 Å². The molecule has 0 radical (unpaired) electrons. The van der Waals surface area contributed by atoms with Gasteiger partial charge in [-0.1, -0.05) is 72.3 Å². The van der Waals surface area contributed by atoms with Crippen LogP contribution >= 0.6 is 0 Å². The van der Waals surface area contributed by atoms with Gasteiger partial charge in [0.1, 0.15) is 18.1 Å². The van der Waals surface area contributed by atoms with Crippen molar-refractivity contribution in [1.82, 2.24) is 9.97 Å². The van der Waals surface area contributed by atoms with Crippen LogP contribution in [-0.4, -0.2) is 26.8 Å². The quantitative estimate of drug-likeness (QED) is 0.151. The predicted octanol–water partition coefficient (Wildman–Crippen LogP) is 6.39. The Morgan fingerprint density at radius 1 is 0.925 bits per heavy atom. The third-order valence-electron chi connectivity index (χ3n) is 7.09. The summed E-state index contributed by atoms with van der Waals surface area (Å²) in [5.41, 5.74) is 5.33. The molecule has 1 atom stereocenters. The molecular formula is C33H27N3O4. The third kappa shape index (κ3) is 4.52. The highest BCUT2D eigenvalue weighted by Crippen LogP contribution is 2.42. The zero-order chi connectivity index (χ0) is 27.8. The Hall–Kier alpha value is -5.17. The summed E-state index contributed by atoms with van der Waals surface area (Å²) in [5.74, 6) is -0.868. The lowest BCUT2D eigenvalue weighted by molar-refractivity contribution is -0.132. The number of Topliss-reactive ketones (excluding diaryl/α,β-unsaturated/α-hetero) is 1. The van der Waals surface area contributed by atoms with E-state index in [-0.39, 0.29) is 17.3 Å². The molecule has 0 aliphatic carbocycles. The number of para-hydroxylation sites is 2. The van der Waals surface area contributed by atoms with Crippen LogP contribution in [0.4, 0.5) is 5.95 Å². The average molecular weight is 530 g/mol. The Balaban J connectivity index is 1.42. The molecule has 0 bridgehead atoms. The van der Waals surface area contributed by atoms with E-state index >= 15 is 0 Å². The van der Waals surface area contributed by atoms with Crippen LogP contribution in [0.5, 0.6) is 5.75 Å². The van der Waals surface area contributed by atoms with E-state index in [9.17, 15) is 14.7 Å². The van der Waals surface area contributed by atoms with Crippen LogP contribution < -0.4 is 9.64 Å². The van der Waals surface area contributed by atoms with E-state index in [2.05, 4.69) is 9.97 Å². The van der Waals surface area contributed by atoms with Gasteiger partial charge in [-0.15, -0.1) is 0 Å². The van der Waals surface area contributed by atoms with E-state index in [4.69, 9.17) is 4.74 Å². The van der Waals surface area contributed by atoms with Crippen molar-refractivity contribution in [3.8, 4) is 5.75 Å². The second kappa shape index (κ2) is 10.2. The Bertz CT molecular complexity index is 1760. The second-order valence-corrected chi connectivity index (χ2v) is 9.92. The normalized spacial score (nSPS) is 16.6. The largest absolute Gasteiger partial charge is 0.507 e. The highest BCUT2D eigenvalue weighted by atomic mass is 16.5. The summed E-state index contributed by atoms with van der Waals surface area (Å²) >= 11 is 0. The van der Waals surface area contributed by atoms with Gasteiger partial charge in [0.2, 0.25) is 5.95 Å². The van der Waals surface area contributed by atoms with Gasteiger partial charge in [0.25, 0.3) is 5.78 Å². The topological polar surface area (TPSA) is 95.5 Å². The molecule has 7 heteroatoms. The van der Waals surface area contributed by atoms with Crippen molar-refractivity contribution in [3.05, 3.63) is 130 Å². The molecule has 0 spiro atoms. The first-order valence-corrected chi connectivity index (χ1v) is 13.0. The number of rotatable bonds is 6. The first kappa shape index (κ1) is 25.1. The van der Waals surface area contributed by atoms with Crippen LogP contribution in [0.1, 0.15) is 33.9 Å². The number of aromatic nitrogens is 2. The maximum Gasteiger partial charge on any atom is 0.302 e. The maximum absolute atomic E-state index is 13.5. The molecule has 1 aromatic heterocycles. The second-order valence-electron chi connectivity index (χ2n) is 9.92. The number of imidazole rings is 1. The zero-order valence-electron chi connectivity index (χ0n) is 22.1. The summed E-state index contributed by atoms with van der Waals surface area (Å²) in [6, 6.07) is 29.2. The summed E-state index contributed by atoms with van der Waals surface area (Å²) in [6.07, 6.45) is 0. The van der Waals surface area contributed by atoms with Crippen LogP contribution in [0.2, 0.25) is 0 Å². The van der Waals surface area contributed by atoms with E-state index in [1.165, 1.54) is 4.90 Å². The van der Waals surface area contributed by atoms with Gasteiger partial charge < -0.3 is 14.8 Å². The van der Waals surface area contributed by atoms with E-state index < -0.39 is 17.7 Å². The first-order valence-electron chi connectivity index (χ1n) is 13.0. The van der Waals surface area contributed by atoms with Crippen LogP contribution in [0.15, 0.2) is 103 Å². The first-order chi connectivity index (χ1) is 19.4. The number of aliphatic hydroxyl groups is 1. The van der Waals surface area contributed by atoms with Crippen molar-refractivity contribution in [3.63, 3.8) is 0 Å². The fourth-order valence-electron chi connectivity index (χ4n) is 5.11. The molecule has 0 saturated carbocycles. The number of carbonyl (C=O) groups excluding carboxylic acids is 2. The minimum absolute atomic E-state index is 0.00779. The summed E-state index contributed by atoms with van der Waals surface area (Å²) in [5, 5.41) is 11.5. The number of aryl methyl sites for hydroxylation is 2. The SMILES string of the molecule is Cc1cccc(C2/C(=C(\O)c3ccc(OCc4ccccc4)c(C)c3)C(=O)C(=O)N2c2nc3ccccc3[nH]2)c1. The van der Waals surface area contributed by atoms with E-state index in [1.54, 1.807) is 18.2 Å². The molecule has 1 saturated heterocycles. The maximum atomic E-state index is 13.5. The smallest absolute Gasteiger partial charge is 0.302 e. The summed E-state index contributed by atoms with van der Waals surface area (Å²) in [6.45, 7) is 4.22. The molecule has 1 unspecified atom stereocenters. The number of benzene rings is 4. The van der Waals surface area contributed by atoms with Crippen molar-refractivity contribution >= 4 is 34.4 Å². The molecule has 5 aromatic rings. The molecule has 6 rings (SSSR count). The molecule has 1 aliphatic heterocycles. The van der Waals surface area contributed by atoms with E-state index in [1.807, 2.05) is 92.7 Å². The number of hydrogen-bond donors (Lipinski definition) is 2. The highest BCUT2D eigenvalue weighted by Gasteiger charge is 2.48. The van der Waals surface area contributed by atoms with Gasteiger partial charge in [0.15, 0.2) is 0 Å². The number of amides is 1. The summed E-state index contributed by atoms with van der Waals surface area (Å²) in [7, 11) is 0. The van der Waals surface area contributed by atoms with Gasteiger partial charge >= 0.3 is 5.91 Å². The third-order valence-corrected chi connectivity index (χ3v) is 7.09. The fourth-order valence-corrected chi connectivity index (χ4v) is 5.11. The number of aliphatic hydroxyl groups excluding tert-OH is 1. The molecule has 1 amide bonds. The van der Waals surface area contributed by atoms with Crippen molar-refractivity contribution in [1.29, 1.82) is 0 Å². The lowest BCUT2D eigenvalue weighted by Crippen LogP contribution is -2.30. The molecule has 40 heavy (non-hydrogen) atoms. The molecule has 1 aliphatic rings. The number of anilines is 1. The van der Waals surface area contributed by atoms with Crippen LogP contribution in [0, 0.1) is 13.8 Å². The molecule has 7 nitrogen and oxygen atoms in total. The number of fused-ring (bicyclic) bond motifs is 1. The Kier molecular flexibility index (Phi) is 6.40. The van der Waals surface area contributed by atoms with Gasteiger partial charge in [0, 0.05) is 5.56 Å². The Morgan fingerprint density at radius 3 is 2.45 bits per heavy atom. The minimum Gasteiger partial charge on any atom is -0.507 e. The fraction of sp³-hybridized carbons (Fsp3) is 0.121. The summed E-state index contributed by atoms with van der Waals surface area (Å²) in [4.78, 5) is 36.1. The van der Waals surface area contributed by atoms with Crippen molar-refractivity contribution in [2.75, 3.05) is 4.90 Å². The molecule has 2 heterocycles. The van der Waals surface area contributed by atoms with Crippen LogP contribution in [-0.2, 0) is 16.2 Å². The van der Waals surface area contributed by atoms with Gasteiger partial charge in [-0.05, 0) is 60.9 Å². The minimum atomic E-state index is -0.866. The number of ether oxygens (including phenoxy) is 1. The number of H-pyrrole nitrogens is 1. The predicted molar refractivity (Wildman–Crippen MR) is 154 cm³/mol. The van der Waals surface area contributed by atoms with Crippen LogP contribution in [0.3, 0.4) is 0 Å². The van der Waals surface area contributed by atoms with Crippen molar-refractivity contribution < 1.29 is 19.4 Å². The van der Waals surface area contributed by atoms with Gasteiger partial charge in [0.05, 0.1) is 22.6 Å². The average Bonchev–Trinajstić information content (AvgIpc) is 3.50. The molecule has 4 aromatic carbocycles. The Labute approximate surface area is 231 Å². The van der Waals surface area contributed by atoms with E-state index in [0.29, 0.717) is 29.0 Å². The van der Waals surface area contributed by atoms with Crippen molar-refractivity contribution in [2.45, 2.75) is 26.5 Å². The number of hydrogen-bond acceptors (Lipinski definition) is 5. The van der Waals surface area contributed by atoms with E-state index in [0.717, 1.165) is 22.2 Å². The van der Waals surface area contributed by atoms with Crippen molar-refractivity contribution in [2.24, 2.45) is 0 Å².